The molecule has 2 rings (SSSR count). The summed E-state index contributed by atoms with van der Waals surface area (Å²) in [5, 5.41) is 2.91. The van der Waals surface area contributed by atoms with Gasteiger partial charge in [-0.15, -0.1) is 0 Å². The third-order valence-corrected chi connectivity index (χ3v) is 4.05. The topological polar surface area (TPSA) is 47.6 Å². The minimum Gasteiger partial charge on any atom is -0.494 e. The Kier molecular flexibility index (Phi) is 7.52. The first-order chi connectivity index (χ1) is 12.5. The normalized spacial score (nSPS) is 11.9. The molecule has 1 unspecified atom stereocenters. The van der Waals surface area contributed by atoms with Gasteiger partial charge < -0.3 is 14.8 Å². The minimum atomic E-state index is -0.528. The van der Waals surface area contributed by atoms with Crippen molar-refractivity contribution in [2.24, 2.45) is 5.92 Å². The Bertz CT molecular complexity index is 678. The maximum atomic E-state index is 12.5. The predicted molar refractivity (Wildman–Crippen MR) is 106 cm³/mol. The minimum absolute atomic E-state index is 0.151. The third-order valence-electron chi connectivity index (χ3n) is 4.05. The van der Waals surface area contributed by atoms with Crippen LogP contribution in [0.1, 0.15) is 39.2 Å². The molecule has 26 heavy (non-hydrogen) atoms. The van der Waals surface area contributed by atoms with Gasteiger partial charge in [0.1, 0.15) is 11.5 Å². The standard InChI is InChI=1S/C22H29NO3/c1-5-21(26-20-10-6-17(4)7-11-20)22(24)23-18-8-12-19(13-9-18)25-15-14-16(2)3/h6-13,16,21H,5,14-15H2,1-4H3,(H,23,24). The van der Waals surface area contributed by atoms with Gasteiger partial charge in [0.2, 0.25) is 0 Å². The Morgan fingerprint density at radius 3 is 2.19 bits per heavy atom. The molecule has 0 saturated heterocycles. The van der Waals surface area contributed by atoms with Gasteiger partial charge in [-0.2, -0.15) is 0 Å². The maximum Gasteiger partial charge on any atom is 0.265 e. The Morgan fingerprint density at radius 2 is 1.62 bits per heavy atom. The number of anilines is 1. The number of nitrogens with one attached hydrogen (secondary N) is 1. The number of carbonyl (C=O) groups is 1. The second-order valence-corrected chi connectivity index (χ2v) is 6.87. The quantitative estimate of drug-likeness (QED) is 0.671. The molecule has 0 bridgehead atoms. The fourth-order valence-corrected chi connectivity index (χ4v) is 2.37. The van der Waals surface area contributed by atoms with Gasteiger partial charge in [0.05, 0.1) is 6.61 Å². The summed E-state index contributed by atoms with van der Waals surface area (Å²) < 4.78 is 11.5. The first-order valence-electron chi connectivity index (χ1n) is 9.25. The van der Waals surface area contributed by atoms with Gasteiger partial charge >= 0.3 is 0 Å². The smallest absolute Gasteiger partial charge is 0.265 e. The van der Waals surface area contributed by atoms with Crippen LogP contribution in [0.5, 0.6) is 11.5 Å². The molecule has 2 aromatic rings. The molecule has 0 heterocycles. The van der Waals surface area contributed by atoms with Crippen molar-refractivity contribution in [2.75, 3.05) is 11.9 Å². The van der Waals surface area contributed by atoms with Crippen molar-refractivity contribution in [1.29, 1.82) is 0 Å². The Balaban J connectivity index is 1.89. The van der Waals surface area contributed by atoms with Crippen molar-refractivity contribution in [3.05, 3.63) is 54.1 Å². The summed E-state index contributed by atoms with van der Waals surface area (Å²) >= 11 is 0. The molecule has 0 aliphatic heterocycles. The molecule has 1 amide bonds. The summed E-state index contributed by atoms with van der Waals surface area (Å²) in [6, 6.07) is 15.1. The number of aryl methyl sites for hydroxylation is 1. The van der Waals surface area contributed by atoms with Crippen molar-refractivity contribution in [2.45, 2.75) is 46.6 Å². The number of benzene rings is 2. The van der Waals surface area contributed by atoms with Gasteiger partial charge in [0.15, 0.2) is 6.10 Å². The molecule has 140 valence electrons. The summed E-state index contributed by atoms with van der Waals surface area (Å²) in [6.45, 7) is 9.00. The first kappa shape index (κ1) is 19.8. The van der Waals surface area contributed by atoms with Gasteiger partial charge in [-0.05, 0) is 62.1 Å². The van der Waals surface area contributed by atoms with E-state index < -0.39 is 6.10 Å². The van der Waals surface area contributed by atoms with Crippen LogP contribution in [0.15, 0.2) is 48.5 Å². The van der Waals surface area contributed by atoms with E-state index in [0.717, 1.165) is 23.4 Å². The van der Waals surface area contributed by atoms with E-state index in [1.807, 2.05) is 62.4 Å². The van der Waals surface area contributed by atoms with Crippen LogP contribution in [-0.4, -0.2) is 18.6 Å². The molecular formula is C22H29NO3. The number of carbonyl (C=O) groups excluding carboxylic acids is 1. The van der Waals surface area contributed by atoms with Crippen molar-refractivity contribution < 1.29 is 14.3 Å². The molecular weight excluding hydrogens is 326 g/mol. The monoisotopic (exact) mass is 355 g/mol. The summed E-state index contributed by atoms with van der Waals surface area (Å²) in [5.41, 5.74) is 1.89. The van der Waals surface area contributed by atoms with Crippen LogP contribution in [0.3, 0.4) is 0 Å². The van der Waals surface area contributed by atoms with E-state index in [1.165, 1.54) is 0 Å². The zero-order valence-electron chi connectivity index (χ0n) is 16.1. The highest BCUT2D eigenvalue weighted by molar-refractivity contribution is 5.94. The molecule has 1 N–H and O–H groups in total. The van der Waals surface area contributed by atoms with E-state index in [0.29, 0.717) is 24.7 Å². The zero-order chi connectivity index (χ0) is 18.9. The molecule has 0 radical (unpaired) electrons. The average molecular weight is 355 g/mol. The van der Waals surface area contributed by atoms with Gasteiger partial charge in [0, 0.05) is 5.69 Å². The second-order valence-electron chi connectivity index (χ2n) is 6.87. The van der Waals surface area contributed by atoms with Crippen molar-refractivity contribution in [3.63, 3.8) is 0 Å². The number of ether oxygens (including phenoxy) is 2. The maximum absolute atomic E-state index is 12.5. The van der Waals surface area contributed by atoms with E-state index in [2.05, 4.69) is 19.2 Å². The molecule has 0 saturated carbocycles. The highest BCUT2D eigenvalue weighted by atomic mass is 16.5. The fourth-order valence-electron chi connectivity index (χ4n) is 2.37. The van der Waals surface area contributed by atoms with Crippen LogP contribution in [0.2, 0.25) is 0 Å². The lowest BCUT2D eigenvalue weighted by molar-refractivity contribution is -0.122. The molecule has 1 atom stereocenters. The molecule has 2 aromatic carbocycles. The highest BCUT2D eigenvalue weighted by Gasteiger charge is 2.18. The number of amides is 1. The van der Waals surface area contributed by atoms with Crippen LogP contribution in [-0.2, 0) is 4.79 Å². The predicted octanol–water partition coefficient (Wildman–Crippen LogP) is 5.22. The van der Waals surface area contributed by atoms with Gasteiger partial charge in [-0.25, -0.2) is 0 Å². The van der Waals surface area contributed by atoms with E-state index in [-0.39, 0.29) is 5.91 Å². The molecule has 0 fully saturated rings. The van der Waals surface area contributed by atoms with Crippen LogP contribution in [0, 0.1) is 12.8 Å². The van der Waals surface area contributed by atoms with Crippen LogP contribution in [0.25, 0.3) is 0 Å². The molecule has 0 spiro atoms. The van der Waals surface area contributed by atoms with E-state index in [4.69, 9.17) is 9.47 Å². The average Bonchev–Trinajstić information content (AvgIpc) is 2.62. The van der Waals surface area contributed by atoms with E-state index >= 15 is 0 Å². The van der Waals surface area contributed by atoms with Crippen LogP contribution < -0.4 is 14.8 Å². The number of hydrogen-bond donors (Lipinski definition) is 1. The van der Waals surface area contributed by atoms with E-state index in [1.54, 1.807) is 0 Å². The van der Waals surface area contributed by atoms with Crippen molar-refractivity contribution in [1.82, 2.24) is 0 Å². The fraction of sp³-hybridized carbons (Fsp3) is 0.409. The van der Waals surface area contributed by atoms with Gasteiger partial charge in [0.25, 0.3) is 5.91 Å². The molecule has 0 aliphatic rings. The SMILES string of the molecule is CCC(Oc1ccc(C)cc1)C(=O)Nc1ccc(OCCC(C)C)cc1. The molecule has 0 aliphatic carbocycles. The summed E-state index contributed by atoms with van der Waals surface area (Å²) in [6.07, 6.45) is 1.09. The lowest BCUT2D eigenvalue weighted by atomic mass is 10.1. The molecule has 4 nitrogen and oxygen atoms in total. The van der Waals surface area contributed by atoms with Crippen LogP contribution in [0.4, 0.5) is 5.69 Å². The summed E-state index contributed by atoms with van der Waals surface area (Å²) in [7, 11) is 0. The van der Waals surface area contributed by atoms with Crippen LogP contribution >= 0.6 is 0 Å². The van der Waals surface area contributed by atoms with E-state index in [9.17, 15) is 4.79 Å². The third kappa shape index (κ3) is 6.43. The lowest BCUT2D eigenvalue weighted by Gasteiger charge is -2.17. The Morgan fingerprint density at radius 1 is 1.00 bits per heavy atom. The number of rotatable bonds is 9. The number of hydrogen-bond acceptors (Lipinski definition) is 3. The summed E-state index contributed by atoms with van der Waals surface area (Å²) in [4.78, 5) is 12.5. The largest absolute Gasteiger partial charge is 0.494 e. The zero-order valence-corrected chi connectivity index (χ0v) is 16.1. The summed E-state index contributed by atoms with van der Waals surface area (Å²) in [5.74, 6) is 1.98. The molecule has 0 aromatic heterocycles. The Hall–Kier alpha value is -2.49. The van der Waals surface area contributed by atoms with Crippen molar-refractivity contribution in [3.8, 4) is 11.5 Å². The second kappa shape index (κ2) is 9.85. The van der Waals surface area contributed by atoms with Crippen molar-refractivity contribution >= 4 is 11.6 Å². The van der Waals surface area contributed by atoms with Gasteiger partial charge in [-0.3, -0.25) is 4.79 Å². The molecule has 4 heteroatoms. The Labute approximate surface area is 156 Å². The first-order valence-corrected chi connectivity index (χ1v) is 9.25. The lowest BCUT2D eigenvalue weighted by Crippen LogP contribution is -2.32. The highest BCUT2D eigenvalue weighted by Crippen LogP contribution is 2.19. The van der Waals surface area contributed by atoms with Gasteiger partial charge in [-0.1, -0.05) is 38.5 Å².